The van der Waals surface area contributed by atoms with Gasteiger partial charge in [0.05, 0.1) is 32.5 Å². The van der Waals surface area contributed by atoms with Crippen molar-refractivity contribution in [2.24, 2.45) is 0 Å². The van der Waals surface area contributed by atoms with E-state index in [1.54, 1.807) is 36.4 Å². The predicted molar refractivity (Wildman–Crippen MR) is 93.7 cm³/mol. The summed E-state index contributed by atoms with van der Waals surface area (Å²) in [5.74, 6) is 0.670. The molecule has 25 heavy (non-hydrogen) atoms. The molecule has 0 bridgehead atoms. The highest BCUT2D eigenvalue weighted by Crippen LogP contribution is 2.33. The van der Waals surface area contributed by atoms with Crippen LogP contribution in [-0.2, 0) is 12.8 Å². The standard InChI is InChI=1S/C19H24O6/c1-25-19-5-3-13(8-14(19)9-16(23)11-21)17-7-12(2-4-18(17)24)6-15(22)10-20/h2-5,7-8,15-16,20-24H,6,9-11H2,1H3/t15-,16+/m1/s1. The van der Waals surface area contributed by atoms with Crippen LogP contribution >= 0.6 is 0 Å². The molecular formula is C19H24O6. The molecule has 0 aliphatic rings. The summed E-state index contributed by atoms with van der Waals surface area (Å²) in [7, 11) is 1.53. The summed E-state index contributed by atoms with van der Waals surface area (Å²) in [6.07, 6.45) is -1.26. The van der Waals surface area contributed by atoms with Gasteiger partial charge in [0.2, 0.25) is 0 Å². The van der Waals surface area contributed by atoms with E-state index in [0.717, 1.165) is 11.1 Å². The summed E-state index contributed by atoms with van der Waals surface area (Å²) >= 11 is 0. The van der Waals surface area contributed by atoms with Gasteiger partial charge in [-0.15, -0.1) is 0 Å². The van der Waals surface area contributed by atoms with Gasteiger partial charge in [-0.25, -0.2) is 0 Å². The zero-order chi connectivity index (χ0) is 18.4. The first-order chi connectivity index (χ1) is 12.0. The lowest BCUT2D eigenvalue weighted by molar-refractivity contribution is 0.0950. The Bertz CT molecular complexity index is 700. The smallest absolute Gasteiger partial charge is 0.123 e. The molecule has 0 aromatic heterocycles. The summed E-state index contributed by atoms with van der Waals surface area (Å²) in [6.45, 7) is -0.685. The molecule has 5 N–H and O–H groups in total. The van der Waals surface area contributed by atoms with Crippen LogP contribution in [0.5, 0.6) is 11.5 Å². The van der Waals surface area contributed by atoms with Gasteiger partial charge in [-0.3, -0.25) is 0 Å². The van der Waals surface area contributed by atoms with Gasteiger partial charge in [-0.1, -0.05) is 12.1 Å². The minimum absolute atomic E-state index is 0.0843. The van der Waals surface area contributed by atoms with Gasteiger partial charge in [0.25, 0.3) is 0 Å². The fourth-order valence-electron chi connectivity index (χ4n) is 2.70. The van der Waals surface area contributed by atoms with Crippen LogP contribution in [0.1, 0.15) is 11.1 Å². The minimum Gasteiger partial charge on any atom is -0.507 e. The Morgan fingerprint density at radius 2 is 1.60 bits per heavy atom. The van der Waals surface area contributed by atoms with Crippen LogP contribution in [0.15, 0.2) is 36.4 Å². The van der Waals surface area contributed by atoms with Crippen molar-refractivity contribution >= 4 is 0 Å². The van der Waals surface area contributed by atoms with E-state index in [0.29, 0.717) is 16.9 Å². The highest BCUT2D eigenvalue weighted by Gasteiger charge is 2.14. The monoisotopic (exact) mass is 348 g/mol. The molecule has 0 unspecified atom stereocenters. The van der Waals surface area contributed by atoms with E-state index in [1.165, 1.54) is 7.11 Å². The van der Waals surface area contributed by atoms with Crippen LogP contribution in [0.4, 0.5) is 0 Å². The molecule has 2 rings (SSSR count). The molecule has 0 fully saturated rings. The molecular weight excluding hydrogens is 324 g/mol. The van der Waals surface area contributed by atoms with Gasteiger partial charge >= 0.3 is 0 Å². The van der Waals surface area contributed by atoms with Crippen LogP contribution in [0, 0.1) is 0 Å². The quantitative estimate of drug-likeness (QED) is 0.484. The minimum atomic E-state index is -0.899. The molecule has 0 saturated heterocycles. The Morgan fingerprint density at radius 1 is 0.920 bits per heavy atom. The van der Waals surface area contributed by atoms with Crippen LogP contribution < -0.4 is 4.74 Å². The second-order valence-corrected chi connectivity index (χ2v) is 5.96. The zero-order valence-corrected chi connectivity index (χ0v) is 14.1. The molecule has 2 aromatic rings. The average Bonchev–Trinajstić information content (AvgIpc) is 2.63. The summed E-state index contributed by atoms with van der Waals surface area (Å²) in [5, 5.41) is 47.5. The van der Waals surface area contributed by atoms with E-state index in [-0.39, 0.29) is 31.8 Å². The van der Waals surface area contributed by atoms with E-state index in [1.807, 2.05) is 0 Å². The van der Waals surface area contributed by atoms with Crippen molar-refractivity contribution in [3.63, 3.8) is 0 Å². The van der Waals surface area contributed by atoms with Crippen LogP contribution in [0.2, 0.25) is 0 Å². The Balaban J connectivity index is 2.40. The first kappa shape index (κ1) is 19.2. The van der Waals surface area contributed by atoms with Gasteiger partial charge in [-0.2, -0.15) is 0 Å². The van der Waals surface area contributed by atoms with Gasteiger partial charge in [0, 0.05) is 18.4 Å². The van der Waals surface area contributed by atoms with Crippen molar-refractivity contribution in [2.45, 2.75) is 25.0 Å². The molecule has 0 aliphatic heterocycles. The third-order valence-corrected chi connectivity index (χ3v) is 4.00. The van der Waals surface area contributed by atoms with Crippen molar-refractivity contribution in [3.8, 4) is 22.6 Å². The molecule has 2 atom stereocenters. The van der Waals surface area contributed by atoms with Gasteiger partial charge in [0.15, 0.2) is 0 Å². The molecule has 0 spiro atoms. The number of aliphatic hydroxyl groups is 4. The number of hydrogen-bond donors (Lipinski definition) is 5. The molecule has 136 valence electrons. The number of phenols is 1. The van der Waals surface area contributed by atoms with Gasteiger partial charge < -0.3 is 30.3 Å². The second-order valence-electron chi connectivity index (χ2n) is 5.96. The average molecular weight is 348 g/mol. The molecule has 6 heteroatoms. The van der Waals surface area contributed by atoms with Crippen molar-refractivity contribution < 1.29 is 30.3 Å². The molecule has 6 nitrogen and oxygen atoms in total. The van der Waals surface area contributed by atoms with Crippen molar-refractivity contribution in [1.29, 1.82) is 0 Å². The number of benzene rings is 2. The number of rotatable bonds is 8. The number of methoxy groups -OCH3 is 1. The Labute approximate surface area is 146 Å². The lowest BCUT2D eigenvalue weighted by Crippen LogP contribution is -2.15. The van der Waals surface area contributed by atoms with E-state index in [4.69, 9.17) is 14.9 Å². The molecule has 0 heterocycles. The number of aliphatic hydroxyl groups excluding tert-OH is 4. The van der Waals surface area contributed by atoms with Crippen molar-refractivity contribution in [1.82, 2.24) is 0 Å². The summed E-state index contributed by atoms with van der Waals surface area (Å²) in [4.78, 5) is 0. The third-order valence-electron chi connectivity index (χ3n) is 4.00. The van der Waals surface area contributed by atoms with Crippen molar-refractivity contribution in [3.05, 3.63) is 47.5 Å². The van der Waals surface area contributed by atoms with E-state index < -0.39 is 12.2 Å². The largest absolute Gasteiger partial charge is 0.507 e. The predicted octanol–water partition coefficient (Wildman–Crippen LogP) is 0.859. The molecule has 0 aliphatic carbocycles. The SMILES string of the molecule is COc1ccc(-c2cc(C[C@@H](O)CO)ccc2O)cc1C[C@H](O)CO. The van der Waals surface area contributed by atoms with Crippen LogP contribution in [-0.4, -0.2) is 58.1 Å². The maximum absolute atomic E-state index is 10.2. The van der Waals surface area contributed by atoms with Gasteiger partial charge in [-0.05, 0) is 41.0 Å². The summed E-state index contributed by atoms with van der Waals surface area (Å²) in [5.41, 5.74) is 2.78. The lowest BCUT2D eigenvalue weighted by atomic mass is 9.96. The van der Waals surface area contributed by atoms with Gasteiger partial charge in [0.1, 0.15) is 11.5 Å². The number of aromatic hydroxyl groups is 1. The first-order valence-electron chi connectivity index (χ1n) is 8.05. The topological polar surface area (TPSA) is 110 Å². The fraction of sp³-hybridized carbons (Fsp3) is 0.368. The lowest BCUT2D eigenvalue weighted by Gasteiger charge is -2.15. The van der Waals surface area contributed by atoms with Crippen LogP contribution in [0.3, 0.4) is 0 Å². The Kier molecular flexibility index (Phi) is 6.78. The number of phenolic OH excluding ortho intramolecular Hbond substituents is 1. The van der Waals surface area contributed by atoms with E-state index in [2.05, 4.69) is 0 Å². The maximum atomic E-state index is 10.2. The summed E-state index contributed by atoms with van der Waals surface area (Å²) < 4.78 is 5.29. The summed E-state index contributed by atoms with van der Waals surface area (Å²) in [6, 6.07) is 10.3. The van der Waals surface area contributed by atoms with E-state index >= 15 is 0 Å². The fourth-order valence-corrected chi connectivity index (χ4v) is 2.70. The number of ether oxygens (including phenoxy) is 1. The third kappa shape index (κ3) is 4.93. The van der Waals surface area contributed by atoms with Crippen LogP contribution in [0.25, 0.3) is 11.1 Å². The molecule has 2 aromatic carbocycles. The highest BCUT2D eigenvalue weighted by molar-refractivity contribution is 5.72. The Hall–Kier alpha value is -2.12. The van der Waals surface area contributed by atoms with Crippen molar-refractivity contribution in [2.75, 3.05) is 20.3 Å². The second kappa shape index (κ2) is 8.82. The Morgan fingerprint density at radius 3 is 2.24 bits per heavy atom. The first-order valence-corrected chi connectivity index (χ1v) is 8.05. The zero-order valence-electron chi connectivity index (χ0n) is 14.1. The molecule has 0 amide bonds. The molecule has 0 radical (unpaired) electrons. The molecule has 0 saturated carbocycles. The normalized spacial score (nSPS) is 13.5. The number of hydrogen-bond acceptors (Lipinski definition) is 6. The highest BCUT2D eigenvalue weighted by atomic mass is 16.5. The van der Waals surface area contributed by atoms with E-state index in [9.17, 15) is 15.3 Å². The maximum Gasteiger partial charge on any atom is 0.123 e.